The molecule has 0 atom stereocenters. The van der Waals surface area contributed by atoms with E-state index in [1.807, 2.05) is 24.3 Å². The van der Waals surface area contributed by atoms with Crippen LogP contribution in [0.2, 0.25) is 0 Å². The lowest BCUT2D eigenvalue weighted by Crippen LogP contribution is -2.03. The molecule has 2 aromatic carbocycles. The number of nitrogens with zero attached hydrogens (tertiary/aromatic N) is 2. The zero-order valence-corrected chi connectivity index (χ0v) is 15.1. The van der Waals surface area contributed by atoms with Gasteiger partial charge in [0.25, 0.3) is 0 Å². The molecule has 0 bridgehead atoms. The summed E-state index contributed by atoms with van der Waals surface area (Å²) in [5.74, 6) is 0.936. The van der Waals surface area contributed by atoms with E-state index < -0.39 is 5.82 Å². The van der Waals surface area contributed by atoms with Crippen molar-refractivity contribution in [1.82, 2.24) is 9.97 Å². The van der Waals surface area contributed by atoms with E-state index in [1.54, 1.807) is 13.2 Å². The van der Waals surface area contributed by atoms with Crippen molar-refractivity contribution in [2.24, 2.45) is 0 Å². The van der Waals surface area contributed by atoms with Crippen molar-refractivity contribution in [2.75, 3.05) is 32.1 Å². The molecule has 0 unspecified atom stereocenters. The second kappa shape index (κ2) is 8.33. The summed E-state index contributed by atoms with van der Waals surface area (Å²) in [6.45, 7) is 0. The van der Waals surface area contributed by atoms with Crippen LogP contribution in [0.1, 0.15) is 0 Å². The Balaban J connectivity index is 1.94. The Labute approximate surface area is 156 Å². The Hall–Kier alpha value is -3.39. The van der Waals surface area contributed by atoms with Crippen LogP contribution in [0.4, 0.5) is 21.6 Å². The van der Waals surface area contributed by atoms with Gasteiger partial charge in [-0.3, -0.25) is 10.3 Å². The van der Waals surface area contributed by atoms with Gasteiger partial charge in [-0.2, -0.15) is 0 Å². The molecule has 8 heteroatoms. The minimum atomic E-state index is -0.494. The number of aromatic nitrogens is 2. The molecule has 27 heavy (non-hydrogen) atoms. The average Bonchev–Trinajstić information content (AvgIpc) is 2.70. The number of benzene rings is 2. The molecule has 0 fully saturated rings. The molecule has 0 aliphatic carbocycles. The van der Waals surface area contributed by atoms with Crippen LogP contribution >= 0.6 is 0 Å². The van der Waals surface area contributed by atoms with Gasteiger partial charge in [-0.15, -0.1) is 0 Å². The SMILES string of the molecule is CONc1cc(Nc2cc(-c3ccccc3OC)ncn2)c(F)cc1OC. The standard InChI is InChI=1S/C19H19FN4O3/c1-25-17-7-5-4-6-12(17)14-10-19(22-11-21-14)23-15-9-16(24-27-3)18(26-2)8-13(15)20/h4-11,24H,1-3H3,(H,21,22,23). The lowest BCUT2D eigenvalue weighted by atomic mass is 10.1. The van der Waals surface area contributed by atoms with Gasteiger partial charge in [-0.05, 0) is 18.2 Å². The predicted molar refractivity (Wildman–Crippen MR) is 101 cm³/mol. The monoisotopic (exact) mass is 370 g/mol. The smallest absolute Gasteiger partial charge is 0.150 e. The van der Waals surface area contributed by atoms with Crippen molar-refractivity contribution in [1.29, 1.82) is 0 Å². The fraction of sp³-hybridized carbons (Fsp3) is 0.158. The number of rotatable bonds is 7. The zero-order chi connectivity index (χ0) is 19.2. The molecule has 0 saturated carbocycles. The minimum absolute atomic E-state index is 0.208. The summed E-state index contributed by atoms with van der Waals surface area (Å²) in [5.41, 5.74) is 4.79. The Morgan fingerprint density at radius 2 is 1.67 bits per heavy atom. The van der Waals surface area contributed by atoms with E-state index in [9.17, 15) is 4.39 Å². The van der Waals surface area contributed by atoms with E-state index in [0.29, 0.717) is 28.7 Å². The Morgan fingerprint density at radius 1 is 0.889 bits per heavy atom. The topological polar surface area (TPSA) is 77.5 Å². The van der Waals surface area contributed by atoms with Crippen LogP contribution in [0.3, 0.4) is 0 Å². The molecule has 3 aromatic rings. The van der Waals surface area contributed by atoms with Gasteiger partial charge in [-0.25, -0.2) is 14.4 Å². The fourth-order valence-corrected chi connectivity index (χ4v) is 2.58. The molecule has 0 amide bonds. The molecular formula is C19H19FN4O3. The van der Waals surface area contributed by atoms with Gasteiger partial charge >= 0.3 is 0 Å². The van der Waals surface area contributed by atoms with Crippen molar-refractivity contribution in [3.05, 3.63) is 54.6 Å². The number of ether oxygens (including phenoxy) is 2. The highest BCUT2D eigenvalue weighted by atomic mass is 19.1. The van der Waals surface area contributed by atoms with Gasteiger partial charge in [0, 0.05) is 17.7 Å². The summed E-state index contributed by atoms with van der Waals surface area (Å²) >= 11 is 0. The van der Waals surface area contributed by atoms with E-state index >= 15 is 0 Å². The van der Waals surface area contributed by atoms with Crippen molar-refractivity contribution in [3.8, 4) is 22.8 Å². The summed E-state index contributed by atoms with van der Waals surface area (Å²) in [5, 5.41) is 2.95. The zero-order valence-electron chi connectivity index (χ0n) is 15.1. The highest BCUT2D eigenvalue weighted by Gasteiger charge is 2.13. The third-order valence-corrected chi connectivity index (χ3v) is 3.81. The maximum Gasteiger partial charge on any atom is 0.150 e. The second-order valence-electron chi connectivity index (χ2n) is 5.45. The molecule has 0 aliphatic heterocycles. The van der Waals surface area contributed by atoms with Gasteiger partial charge < -0.3 is 14.8 Å². The van der Waals surface area contributed by atoms with Crippen molar-refractivity contribution in [3.63, 3.8) is 0 Å². The number of para-hydroxylation sites is 1. The number of halogens is 1. The number of hydrogen-bond donors (Lipinski definition) is 2. The van der Waals surface area contributed by atoms with Gasteiger partial charge in [0.05, 0.1) is 32.7 Å². The van der Waals surface area contributed by atoms with Crippen LogP contribution in [0.25, 0.3) is 11.3 Å². The molecule has 0 spiro atoms. The van der Waals surface area contributed by atoms with Gasteiger partial charge in [0.2, 0.25) is 0 Å². The first kappa shape index (κ1) is 18.4. The molecular weight excluding hydrogens is 351 g/mol. The third-order valence-electron chi connectivity index (χ3n) is 3.81. The summed E-state index contributed by atoms with van der Waals surface area (Å²) < 4.78 is 24.9. The quantitative estimate of drug-likeness (QED) is 0.608. The van der Waals surface area contributed by atoms with Crippen LogP contribution in [-0.2, 0) is 4.84 Å². The van der Waals surface area contributed by atoms with Crippen molar-refractivity contribution < 1.29 is 18.7 Å². The number of nitrogens with one attached hydrogen (secondary N) is 2. The molecule has 0 saturated heterocycles. The highest BCUT2D eigenvalue weighted by Crippen LogP contribution is 2.33. The first-order valence-electron chi connectivity index (χ1n) is 8.05. The summed E-state index contributed by atoms with van der Waals surface area (Å²) in [6, 6.07) is 12.0. The third kappa shape index (κ3) is 4.06. The number of methoxy groups -OCH3 is 2. The van der Waals surface area contributed by atoms with E-state index in [4.69, 9.17) is 14.3 Å². The van der Waals surface area contributed by atoms with Crippen LogP contribution in [-0.4, -0.2) is 31.3 Å². The minimum Gasteiger partial charge on any atom is -0.496 e. The van der Waals surface area contributed by atoms with E-state index in [2.05, 4.69) is 20.8 Å². The van der Waals surface area contributed by atoms with Gasteiger partial charge in [-0.1, -0.05) is 12.1 Å². The summed E-state index contributed by atoms with van der Waals surface area (Å²) in [4.78, 5) is 13.3. The summed E-state index contributed by atoms with van der Waals surface area (Å²) in [7, 11) is 4.50. The van der Waals surface area contributed by atoms with Crippen LogP contribution in [0, 0.1) is 5.82 Å². The Kier molecular flexibility index (Phi) is 5.68. The number of anilines is 3. The Bertz CT molecular complexity index is 937. The molecule has 7 nitrogen and oxygen atoms in total. The maximum atomic E-state index is 14.4. The van der Waals surface area contributed by atoms with Crippen LogP contribution < -0.4 is 20.3 Å². The van der Waals surface area contributed by atoms with Crippen molar-refractivity contribution in [2.45, 2.75) is 0 Å². The predicted octanol–water partition coefficient (Wildman–Crippen LogP) is 4.02. The molecule has 0 aliphatic rings. The van der Waals surface area contributed by atoms with E-state index in [0.717, 1.165) is 5.56 Å². The molecule has 2 N–H and O–H groups in total. The number of hydrogen-bond acceptors (Lipinski definition) is 7. The van der Waals surface area contributed by atoms with Crippen LogP contribution in [0.5, 0.6) is 11.5 Å². The van der Waals surface area contributed by atoms with E-state index in [1.165, 1.54) is 32.7 Å². The highest BCUT2D eigenvalue weighted by molar-refractivity contribution is 5.72. The largest absolute Gasteiger partial charge is 0.496 e. The molecule has 1 heterocycles. The van der Waals surface area contributed by atoms with E-state index in [-0.39, 0.29) is 5.69 Å². The van der Waals surface area contributed by atoms with Gasteiger partial charge in [0.15, 0.2) is 5.82 Å². The molecule has 140 valence electrons. The molecule has 0 radical (unpaired) electrons. The first-order valence-corrected chi connectivity index (χ1v) is 8.05. The van der Waals surface area contributed by atoms with Gasteiger partial charge in [0.1, 0.15) is 29.3 Å². The average molecular weight is 370 g/mol. The first-order chi connectivity index (χ1) is 13.2. The maximum absolute atomic E-state index is 14.4. The second-order valence-corrected chi connectivity index (χ2v) is 5.45. The molecule has 1 aromatic heterocycles. The van der Waals surface area contributed by atoms with Crippen molar-refractivity contribution >= 4 is 17.2 Å². The lowest BCUT2D eigenvalue weighted by molar-refractivity contribution is 0.268. The fourth-order valence-electron chi connectivity index (χ4n) is 2.58. The lowest BCUT2D eigenvalue weighted by Gasteiger charge is -2.14. The van der Waals surface area contributed by atoms with Crippen LogP contribution in [0.15, 0.2) is 48.8 Å². The summed E-state index contributed by atoms with van der Waals surface area (Å²) in [6.07, 6.45) is 1.40. The normalized spacial score (nSPS) is 10.4. The Morgan fingerprint density at radius 3 is 2.41 bits per heavy atom. The molecule has 3 rings (SSSR count).